The van der Waals surface area contributed by atoms with Gasteiger partial charge >= 0.3 is 0 Å². The third-order valence-corrected chi connectivity index (χ3v) is 6.42. The predicted octanol–water partition coefficient (Wildman–Crippen LogP) is 2.65. The molecule has 9 heteroatoms. The lowest BCUT2D eigenvalue weighted by Crippen LogP contribution is -2.35. The number of benzene rings is 2. The molecule has 0 saturated carbocycles. The number of carbonyl (C=O) groups is 1. The lowest BCUT2D eigenvalue weighted by atomic mass is 10.1. The molecular weight excluding hydrogens is 446 g/mol. The fourth-order valence-corrected chi connectivity index (χ4v) is 4.58. The van der Waals surface area contributed by atoms with Crippen LogP contribution in [0.5, 0.6) is 0 Å². The maximum absolute atomic E-state index is 13.5. The molecule has 1 aliphatic heterocycles. The van der Waals surface area contributed by atoms with Gasteiger partial charge in [-0.3, -0.25) is 19.0 Å². The molecule has 2 aromatic carbocycles. The summed E-state index contributed by atoms with van der Waals surface area (Å²) in [7, 11) is 1.57. The molecule has 1 amide bonds. The van der Waals surface area contributed by atoms with E-state index >= 15 is 0 Å². The number of para-hydroxylation sites is 1. The van der Waals surface area contributed by atoms with Crippen molar-refractivity contribution in [1.29, 1.82) is 0 Å². The number of hydrogen-bond donors (Lipinski definition) is 1. The first-order valence-electron chi connectivity index (χ1n) is 11.8. The molecule has 1 aliphatic rings. The van der Waals surface area contributed by atoms with Crippen LogP contribution >= 0.6 is 0 Å². The zero-order valence-electron chi connectivity index (χ0n) is 19.6. The molecule has 0 radical (unpaired) electrons. The highest BCUT2D eigenvalue weighted by molar-refractivity contribution is 5.97. The van der Waals surface area contributed by atoms with E-state index in [1.54, 1.807) is 53.0 Å². The first-order valence-corrected chi connectivity index (χ1v) is 11.8. The number of ether oxygens (including phenoxy) is 1. The Morgan fingerprint density at radius 2 is 1.91 bits per heavy atom. The quantitative estimate of drug-likeness (QED) is 0.461. The maximum atomic E-state index is 13.5. The van der Waals surface area contributed by atoms with E-state index in [0.29, 0.717) is 52.9 Å². The van der Waals surface area contributed by atoms with Gasteiger partial charge in [-0.05, 0) is 43.2 Å². The van der Waals surface area contributed by atoms with Crippen molar-refractivity contribution in [3.05, 3.63) is 80.4 Å². The number of nitrogens with zero attached hydrogens (tertiary/aromatic N) is 4. The maximum Gasteiger partial charge on any atom is 0.261 e. The molecule has 2 aromatic heterocycles. The Morgan fingerprint density at radius 1 is 1.06 bits per heavy atom. The van der Waals surface area contributed by atoms with Crippen LogP contribution in [0.25, 0.3) is 21.8 Å². The Hall–Kier alpha value is -3.85. The summed E-state index contributed by atoms with van der Waals surface area (Å²) in [6, 6.07) is 12.1. The minimum atomic E-state index is -0.253. The number of aromatic amines is 1. The van der Waals surface area contributed by atoms with E-state index in [9.17, 15) is 14.4 Å². The van der Waals surface area contributed by atoms with Crippen LogP contribution in [0.1, 0.15) is 41.3 Å². The predicted molar refractivity (Wildman–Crippen MR) is 133 cm³/mol. The molecule has 0 unspecified atom stereocenters. The summed E-state index contributed by atoms with van der Waals surface area (Å²) < 4.78 is 6.97. The molecule has 0 atom stereocenters. The van der Waals surface area contributed by atoms with Crippen LogP contribution in [0.15, 0.2) is 52.1 Å². The van der Waals surface area contributed by atoms with Gasteiger partial charge in [0.15, 0.2) is 0 Å². The second-order valence-electron chi connectivity index (χ2n) is 8.78. The van der Waals surface area contributed by atoms with Crippen molar-refractivity contribution in [2.45, 2.75) is 38.8 Å². The highest BCUT2D eigenvalue weighted by atomic mass is 16.5. The Bertz CT molecular complexity index is 1520. The monoisotopic (exact) mass is 473 g/mol. The van der Waals surface area contributed by atoms with Gasteiger partial charge in [-0.2, -0.15) is 0 Å². The number of methoxy groups -OCH3 is 1. The number of aromatic nitrogens is 4. The molecule has 0 fully saturated rings. The van der Waals surface area contributed by atoms with Crippen LogP contribution in [-0.2, 0) is 24.2 Å². The van der Waals surface area contributed by atoms with Crippen molar-refractivity contribution in [3.63, 3.8) is 0 Å². The molecule has 0 spiro atoms. The summed E-state index contributed by atoms with van der Waals surface area (Å²) in [5, 5.41) is 1.01. The number of rotatable bonds is 6. The van der Waals surface area contributed by atoms with Crippen LogP contribution in [0.4, 0.5) is 0 Å². The lowest BCUT2D eigenvalue weighted by molar-refractivity contribution is 0.0675. The summed E-state index contributed by atoms with van der Waals surface area (Å²) in [5.74, 6) is 0.913. The normalized spacial score (nSPS) is 13.5. The van der Waals surface area contributed by atoms with Crippen molar-refractivity contribution in [1.82, 2.24) is 24.4 Å². The Balaban J connectivity index is 1.49. The van der Waals surface area contributed by atoms with E-state index in [4.69, 9.17) is 9.72 Å². The lowest BCUT2D eigenvalue weighted by Gasteiger charge is -2.22. The van der Waals surface area contributed by atoms with Gasteiger partial charge in [0, 0.05) is 32.2 Å². The van der Waals surface area contributed by atoms with Crippen LogP contribution < -0.4 is 11.1 Å². The van der Waals surface area contributed by atoms with Crippen LogP contribution in [0, 0.1) is 0 Å². The number of aryl methyl sites for hydroxylation is 1. The second kappa shape index (κ2) is 9.79. The summed E-state index contributed by atoms with van der Waals surface area (Å²) in [5.41, 5.74) is 1.21. The summed E-state index contributed by atoms with van der Waals surface area (Å²) in [6.45, 7) is 1.43. The molecule has 5 rings (SSSR count). The zero-order valence-corrected chi connectivity index (χ0v) is 19.6. The minimum absolute atomic E-state index is 0.0555. The van der Waals surface area contributed by atoms with Gasteiger partial charge in [0.2, 0.25) is 0 Å². The summed E-state index contributed by atoms with van der Waals surface area (Å²) >= 11 is 0. The van der Waals surface area contributed by atoms with E-state index in [2.05, 4.69) is 9.97 Å². The second-order valence-corrected chi connectivity index (χ2v) is 8.78. The molecule has 1 N–H and O–H groups in total. The van der Waals surface area contributed by atoms with E-state index in [1.165, 1.54) is 0 Å². The Kier molecular flexibility index (Phi) is 6.41. The van der Waals surface area contributed by atoms with Crippen molar-refractivity contribution >= 4 is 27.7 Å². The Morgan fingerprint density at radius 3 is 2.77 bits per heavy atom. The van der Waals surface area contributed by atoms with Crippen molar-refractivity contribution in [2.75, 3.05) is 20.3 Å². The summed E-state index contributed by atoms with van der Waals surface area (Å²) in [4.78, 5) is 52.7. The van der Waals surface area contributed by atoms with E-state index < -0.39 is 0 Å². The van der Waals surface area contributed by atoms with Crippen LogP contribution in [0.2, 0.25) is 0 Å². The third kappa shape index (κ3) is 4.59. The number of amides is 1. The number of H-pyrrole nitrogens is 1. The molecule has 180 valence electrons. The van der Waals surface area contributed by atoms with Gasteiger partial charge in [0.05, 0.1) is 35.0 Å². The fraction of sp³-hybridized carbons (Fsp3) is 0.346. The molecule has 9 nitrogen and oxygen atoms in total. The smallest absolute Gasteiger partial charge is 0.261 e. The molecule has 0 aliphatic carbocycles. The van der Waals surface area contributed by atoms with Gasteiger partial charge in [-0.1, -0.05) is 18.6 Å². The molecule has 3 heterocycles. The van der Waals surface area contributed by atoms with Gasteiger partial charge in [-0.25, -0.2) is 9.97 Å². The molecule has 35 heavy (non-hydrogen) atoms. The van der Waals surface area contributed by atoms with Crippen molar-refractivity contribution < 1.29 is 9.53 Å². The summed E-state index contributed by atoms with van der Waals surface area (Å²) in [6.07, 6.45) is 3.79. The molecule has 0 bridgehead atoms. The number of nitrogens with one attached hydrogen (secondary N) is 1. The highest BCUT2D eigenvalue weighted by Crippen LogP contribution is 2.18. The minimum Gasteiger partial charge on any atom is -0.383 e. The number of carbonyl (C=O) groups excluding carboxylic acids is 1. The van der Waals surface area contributed by atoms with Gasteiger partial charge in [0.1, 0.15) is 11.6 Å². The molecule has 0 saturated heterocycles. The Labute approximate surface area is 201 Å². The van der Waals surface area contributed by atoms with Gasteiger partial charge < -0.3 is 14.6 Å². The zero-order chi connectivity index (χ0) is 24.4. The van der Waals surface area contributed by atoms with E-state index in [-0.39, 0.29) is 23.6 Å². The first kappa shape index (κ1) is 22.9. The SMILES string of the molecule is COCCN(Cc1nc2ccccc2c(=O)[nH]1)C(=O)c1ccc2c(=O)n3c(nc2c1)CCCCC3. The van der Waals surface area contributed by atoms with Gasteiger partial charge in [-0.15, -0.1) is 0 Å². The third-order valence-electron chi connectivity index (χ3n) is 6.42. The van der Waals surface area contributed by atoms with Crippen LogP contribution in [0.3, 0.4) is 0 Å². The highest BCUT2D eigenvalue weighted by Gasteiger charge is 2.20. The fourth-order valence-electron chi connectivity index (χ4n) is 4.58. The molecule has 4 aromatic rings. The number of hydrogen-bond acceptors (Lipinski definition) is 6. The van der Waals surface area contributed by atoms with E-state index in [0.717, 1.165) is 31.5 Å². The van der Waals surface area contributed by atoms with Gasteiger partial charge in [0.25, 0.3) is 17.0 Å². The first-order chi connectivity index (χ1) is 17.0. The average molecular weight is 474 g/mol. The average Bonchev–Trinajstić information content (AvgIpc) is 3.12. The number of fused-ring (bicyclic) bond motifs is 3. The molecular formula is C26H27N5O4. The standard InChI is InChI=1S/C26H27N5O4/c1-35-14-13-30(16-22-27-20-8-5-4-7-18(20)24(32)29-22)25(33)17-10-11-19-21(15-17)28-23-9-3-2-6-12-31(23)26(19)34/h4-5,7-8,10-11,15H,2-3,6,9,12-14,16H2,1H3,(H,27,29,32). The largest absolute Gasteiger partial charge is 0.383 e. The topological polar surface area (TPSA) is 110 Å². The van der Waals surface area contributed by atoms with Crippen molar-refractivity contribution in [3.8, 4) is 0 Å². The van der Waals surface area contributed by atoms with E-state index in [1.807, 2.05) is 6.07 Å². The van der Waals surface area contributed by atoms with Crippen molar-refractivity contribution in [2.24, 2.45) is 0 Å². The van der Waals surface area contributed by atoms with Crippen LogP contribution in [-0.4, -0.2) is 50.6 Å².